The van der Waals surface area contributed by atoms with Crippen molar-refractivity contribution < 1.29 is 9.59 Å². The summed E-state index contributed by atoms with van der Waals surface area (Å²) in [5.41, 5.74) is 8.15. The SMILES string of the molecule is CC1CC2=C(N)C(=O)CC[C@]2(C)[C@@H]2CC[C@]3(C)C(C(=O)NC(C)(C)C)CC[C@H]3[C@H]12. The zero-order valence-electron chi connectivity index (χ0n) is 19.2. The van der Waals surface area contributed by atoms with Gasteiger partial charge < -0.3 is 11.1 Å². The van der Waals surface area contributed by atoms with E-state index in [0.29, 0.717) is 35.8 Å². The average molecular weight is 401 g/mol. The Morgan fingerprint density at radius 2 is 1.79 bits per heavy atom. The largest absolute Gasteiger partial charge is 0.396 e. The third-order valence-electron chi connectivity index (χ3n) is 9.34. The Morgan fingerprint density at radius 3 is 2.45 bits per heavy atom. The molecule has 0 aromatic rings. The number of nitrogens with two attached hydrogens (primary N) is 1. The quantitative estimate of drug-likeness (QED) is 0.676. The molecule has 0 bridgehead atoms. The Morgan fingerprint density at radius 1 is 1.10 bits per heavy atom. The molecule has 29 heavy (non-hydrogen) atoms. The van der Waals surface area contributed by atoms with E-state index in [1.54, 1.807) is 0 Å². The van der Waals surface area contributed by atoms with E-state index < -0.39 is 0 Å². The molecule has 4 rings (SSSR count). The summed E-state index contributed by atoms with van der Waals surface area (Å²) in [6, 6.07) is 0. The number of nitrogens with one attached hydrogen (secondary N) is 1. The Bertz CT molecular complexity index is 763. The summed E-state index contributed by atoms with van der Waals surface area (Å²) in [5, 5.41) is 3.27. The molecule has 0 radical (unpaired) electrons. The maximum absolute atomic E-state index is 13.2. The molecular formula is C25H40N2O2. The van der Waals surface area contributed by atoms with Gasteiger partial charge in [-0.1, -0.05) is 20.8 Å². The van der Waals surface area contributed by atoms with Gasteiger partial charge >= 0.3 is 0 Å². The summed E-state index contributed by atoms with van der Waals surface area (Å²) in [5.74, 6) is 2.90. The van der Waals surface area contributed by atoms with E-state index >= 15 is 0 Å². The van der Waals surface area contributed by atoms with Crippen LogP contribution in [0.25, 0.3) is 0 Å². The molecule has 7 atom stereocenters. The second-order valence-corrected chi connectivity index (χ2v) is 12.1. The Balaban J connectivity index is 1.65. The van der Waals surface area contributed by atoms with Crippen LogP contribution in [-0.2, 0) is 9.59 Å². The van der Waals surface area contributed by atoms with Crippen molar-refractivity contribution >= 4 is 11.7 Å². The van der Waals surface area contributed by atoms with E-state index in [9.17, 15) is 9.59 Å². The van der Waals surface area contributed by atoms with Gasteiger partial charge in [-0.2, -0.15) is 0 Å². The Kier molecular flexibility index (Phi) is 4.76. The number of carbonyl (C=O) groups excluding carboxylic acids is 2. The van der Waals surface area contributed by atoms with Gasteiger partial charge in [0.05, 0.1) is 5.70 Å². The van der Waals surface area contributed by atoms with Gasteiger partial charge in [-0.15, -0.1) is 0 Å². The third-order valence-corrected chi connectivity index (χ3v) is 9.34. The number of allylic oxidation sites excluding steroid dienone is 1. The highest BCUT2D eigenvalue weighted by atomic mass is 16.2. The van der Waals surface area contributed by atoms with Crippen LogP contribution in [0, 0.1) is 40.4 Å². The van der Waals surface area contributed by atoms with Gasteiger partial charge in [0.25, 0.3) is 0 Å². The van der Waals surface area contributed by atoms with Crippen molar-refractivity contribution in [3.8, 4) is 0 Å². The van der Waals surface area contributed by atoms with Crippen molar-refractivity contribution in [3.63, 3.8) is 0 Å². The molecule has 4 heteroatoms. The van der Waals surface area contributed by atoms with Crippen molar-refractivity contribution in [3.05, 3.63) is 11.3 Å². The first kappa shape index (κ1) is 20.9. The number of fused-ring (bicyclic) bond motifs is 5. The molecule has 0 aromatic heterocycles. The highest BCUT2D eigenvalue weighted by Gasteiger charge is 2.62. The highest BCUT2D eigenvalue weighted by Crippen LogP contribution is 2.68. The molecule has 2 unspecified atom stereocenters. The molecule has 0 aliphatic heterocycles. The van der Waals surface area contributed by atoms with Gasteiger partial charge in [-0.25, -0.2) is 0 Å². The first-order valence-electron chi connectivity index (χ1n) is 11.7. The van der Waals surface area contributed by atoms with Crippen LogP contribution in [0.5, 0.6) is 0 Å². The lowest BCUT2D eigenvalue weighted by Crippen LogP contribution is -2.55. The smallest absolute Gasteiger partial charge is 0.224 e. The molecule has 4 aliphatic carbocycles. The summed E-state index contributed by atoms with van der Waals surface area (Å²) in [4.78, 5) is 25.5. The minimum atomic E-state index is -0.180. The topological polar surface area (TPSA) is 72.2 Å². The van der Waals surface area contributed by atoms with Crippen LogP contribution < -0.4 is 11.1 Å². The highest BCUT2D eigenvalue weighted by molar-refractivity contribution is 5.96. The van der Waals surface area contributed by atoms with E-state index in [2.05, 4.69) is 46.9 Å². The standard InChI is InChI=1S/C25H40N2O2/c1-14-13-18-21(26)19(28)10-12-25(18,6)16-9-11-24(5)15(20(14)16)7-8-17(24)22(29)27-23(2,3)4/h14-17,20H,7-13,26H2,1-6H3,(H,27,29)/t14?,15-,16+,17?,20-,24-,25+/m0/s1. The van der Waals surface area contributed by atoms with E-state index in [1.165, 1.54) is 5.57 Å². The van der Waals surface area contributed by atoms with Crippen LogP contribution >= 0.6 is 0 Å². The monoisotopic (exact) mass is 400 g/mol. The number of ketones is 1. The molecule has 0 aromatic carbocycles. The van der Waals surface area contributed by atoms with E-state index in [1.807, 2.05) is 0 Å². The van der Waals surface area contributed by atoms with Gasteiger partial charge in [0.2, 0.25) is 5.91 Å². The van der Waals surface area contributed by atoms with Crippen LogP contribution in [0.15, 0.2) is 11.3 Å². The lowest BCUT2D eigenvalue weighted by Gasteiger charge is -2.60. The molecule has 3 fully saturated rings. The maximum atomic E-state index is 13.2. The van der Waals surface area contributed by atoms with Crippen LogP contribution in [-0.4, -0.2) is 17.2 Å². The number of carbonyl (C=O) groups is 2. The second-order valence-electron chi connectivity index (χ2n) is 12.1. The van der Waals surface area contributed by atoms with Crippen LogP contribution in [0.4, 0.5) is 0 Å². The number of rotatable bonds is 1. The van der Waals surface area contributed by atoms with Gasteiger partial charge in [0.1, 0.15) is 0 Å². The van der Waals surface area contributed by atoms with Gasteiger partial charge in [-0.3, -0.25) is 9.59 Å². The first-order chi connectivity index (χ1) is 13.4. The zero-order chi connectivity index (χ0) is 21.4. The fraction of sp³-hybridized carbons (Fsp3) is 0.840. The zero-order valence-corrected chi connectivity index (χ0v) is 19.2. The van der Waals surface area contributed by atoms with E-state index in [-0.39, 0.29) is 34.0 Å². The predicted molar refractivity (Wildman–Crippen MR) is 116 cm³/mol. The minimum Gasteiger partial charge on any atom is -0.396 e. The van der Waals surface area contributed by atoms with Crippen LogP contribution in [0.2, 0.25) is 0 Å². The summed E-state index contributed by atoms with van der Waals surface area (Å²) < 4.78 is 0. The summed E-state index contributed by atoms with van der Waals surface area (Å²) in [6.45, 7) is 13.4. The lowest BCUT2D eigenvalue weighted by atomic mass is 9.44. The normalized spacial score (nSPS) is 44.8. The maximum Gasteiger partial charge on any atom is 0.224 e. The average Bonchev–Trinajstić information content (AvgIpc) is 2.96. The van der Waals surface area contributed by atoms with Crippen molar-refractivity contribution in [2.24, 2.45) is 46.2 Å². The van der Waals surface area contributed by atoms with Crippen LogP contribution in [0.3, 0.4) is 0 Å². The summed E-state index contributed by atoms with van der Waals surface area (Å²) in [6.07, 6.45) is 6.95. The van der Waals surface area contributed by atoms with Gasteiger partial charge in [0.15, 0.2) is 5.78 Å². The Labute approximate surface area is 176 Å². The first-order valence-corrected chi connectivity index (χ1v) is 11.7. The fourth-order valence-electron chi connectivity index (χ4n) is 7.96. The van der Waals surface area contributed by atoms with Crippen molar-refractivity contribution in [1.29, 1.82) is 0 Å². The lowest BCUT2D eigenvalue weighted by molar-refractivity contribution is -0.135. The van der Waals surface area contributed by atoms with Crippen molar-refractivity contribution in [2.45, 2.75) is 92.0 Å². The molecule has 3 saturated carbocycles. The molecule has 0 heterocycles. The van der Waals surface area contributed by atoms with Crippen molar-refractivity contribution in [1.82, 2.24) is 5.32 Å². The number of hydrogen-bond acceptors (Lipinski definition) is 3. The van der Waals surface area contributed by atoms with E-state index in [0.717, 1.165) is 38.5 Å². The Hall–Kier alpha value is -1.32. The van der Waals surface area contributed by atoms with E-state index in [4.69, 9.17) is 5.73 Å². The minimum absolute atomic E-state index is 0.0717. The predicted octanol–water partition coefficient (Wildman–Crippen LogP) is 4.58. The van der Waals surface area contributed by atoms with Gasteiger partial charge in [-0.05, 0) is 99.4 Å². The molecule has 4 aliphatic rings. The number of hydrogen-bond donors (Lipinski definition) is 2. The summed E-state index contributed by atoms with van der Waals surface area (Å²) >= 11 is 0. The molecule has 3 N–H and O–H groups in total. The molecule has 4 nitrogen and oxygen atoms in total. The number of amides is 1. The van der Waals surface area contributed by atoms with Gasteiger partial charge in [0, 0.05) is 17.9 Å². The second kappa shape index (κ2) is 6.59. The van der Waals surface area contributed by atoms with Crippen LogP contribution in [0.1, 0.15) is 86.5 Å². The summed E-state index contributed by atoms with van der Waals surface area (Å²) in [7, 11) is 0. The molecular weight excluding hydrogens is 360 g/mol. The fourth-order valence-corrected chi connectivity index (χ4v) is 7.96. The molecule has 0 spiro atoms. The number of Topliss-reactive ketones (excluding diaryl/α,β-unsaturated/α-hetero) is 1. The van der Waals surface area contributed by atoms with Crippen molar-refractivity contribution in [2.75, 3.05) is 0 Å². The molecule has 0 saturated heterocycles. The third kappa shape index (κ3) is 3.08. The molecule has 1 amide bonds. The molecule has 162 valence electrons.